The second kappa shape index (κ2) is 5.54. The summed E-state index contributed by atoms with van der Waals surface area (Å²) in [6.45, 7) is 0. The van der Waals surface area contributed by atoms with Crippen LogP contribution in [0.25, 0.3) is 5.69 Å². The first-order valence-corrected chi connectivity index (χ1v) is 6.34. The molecule has 0 saturated heterocycles. The topological polar surface area (TPSA) is 61.2 Å². The average Bonchev–Trinajstić information content (AvgIpc) is 2.41. The van der Waals surface area contributed by atoms with Gasteiger partial charge in [0.15, 0.2) is 0 Å². The van der Waals surface area contributed by atoms with Gasteiger partial charge < -0.3 is 4.74 Å². The zero-order valence-corrected chi connectivity index (χ0v) is 12.1. The smallest absolute Gasteiger partial charge is 0.362 e. The summed E-state index contributed by atoms with van der Waals surface area (Å²) in [6, 6.07) is 6.41. The highest BCUT2D eigenvalue weighted by atomic mass is 79.9. The third kappa shape index (κ3) is 2.85. The predicted molar refractivity (Wildman–Crippen MR) is 73.9 cm³/mol. The summed E-state index contributed by atoms with van der Waals surface area (Å²) in [5.41, 5.74) is -0.253. The van der Waals surface area contributed by atoms with Gasteiger partial charge in [0.25, 0.3) is 0 Å². The Bertz CT molecular complexity index is 700. The van der Waals surface area contributed by atoms with E-state index in [0.717, 1.165) is 4.47 Å². The summed E-state index contributed by atoms with van der Waals surface area (Å²) < 4.78 is 6.65. The van der Waals surface area contributed by atoms with E-state index in [1.807, 2.05) is 0 Å². The van der Waals surface area contributed by atoms with Crippen LogP contribution in [-0.4, -0.2) is 22.9 Å². The molecule has 0 spiro atoms. The van der Waals surface area contributed by atoms with Gasteiger partial charge >= 0.3 is 5.97 Å². The van der Waals surface area contributed by atoms with Crippen molar-refractivity contribution in [3.05, 3.63) is 55.9 Å². The second-order valence-electron chi connectivity index (χ2n) is 3.56. The normalized spacial score (nSPS) is 10.3. The SMILES string of the molecule is COC(=O)c1nn(-c2cc(Br)ccc2Cl)ccc1=O. The number of benzene rings is 1. The Labute approximate surface area is 121 Å². The molecule has 5 nitrogen and oxygen atoms in total. The van der Waals surface area contributed by atoms with E-state index < -0.39 is 11.4 Å². The number of aromatic nitrogens is 2. The number of methoxy groups -OCH3 is 1. The van der Waals surface area contributed by atoms with E-state index in [1.54, 1.807) is 18.2 Å². The Morgan fingerprint density at radius 1 is 1.42 bits per heavy atom. The molecule has 1 heterocycles. The van der Waals surface area contributed by atoms with Crippen molar-refractivity contribution >= 4 is 33.5 Å². The van der Waals surface area contributed by atoms with Crippen molar-refractivity contribution in [2.24, 2.45) is 0 Å². The highest BCUT2D eigenvalue weighted by Gasteiger charge is 2.14. The summed E-state index contributed by atoms with van der Waals surface area (Å²) in [6.07, 6.45) is 1.43. The van der Waals surface area contributed by atoms with Crippen molar-refractivity contribution in [1.29, 1.82) is 0 Å². The molecule has 0 radical (unpaired) electrons. The molecule has 0 aliphatic heterocycles. The highest BCUT2D eigenvalue weighted by Crippen LogP contribution is 2.23. The van der Waals surface area contributed by atoms with Gasteiger partial charge in [0, 0.05) is 16.7 Å². The molecule has 19 heavy (non-hydrogen) atoms. The molecule has 7 heteroatoms. The van der Waals surface area contributed by atoms with E-state index in [9.17, 15) is 9.59 Å². The summed E-state index contributed by atoms with van der Waals surface area (Å²) in [5, 5.41) is 4.38. The fourth-order valence-corrected chi connectivity index (χ4v) is 1.99. The number of rotatable bonds is 2. The van der Waals surface area contributed by atoms with Crippen LogP contribution in [0.2, 0.25) is 5.02 Å². The molecule has 2 aromatic rings. The van der Waals surface area contributed by atoms with Gasteiger partial charge in [-0.3, -0.25) is 4.79 Å². The lowest BCUT2D eigenvalue weighted by Gasteiger charge is -2.08. The van der Waals surface area contributed by atoms with Crippen LogP contribution < -0.4 is 5.43 Å². The lowest BCUT2D eigenvalue weighted by Crippen LogP contribution is -2.21. The van der Waals surface area contributed by atoms with Crippen molar-refractivity contribution in [2.45, 2.75) is 0 Å². The molecule has 1 aromatic heterocycles. The molecule has 0 atom stereocenters. The predicted octanol–water partition coefficient (Wildman–Crippen LogP) is 2.44. The van der Waals surface area contributed by atoms with Gasteiger partial charge in [0.1, 0.15) is 0 Å². The van der Waals surface area contributed by atoms with Crippen LogP contribution in [0.3, 0.4) is 0 Å². The number of halogens is 2. The van der Waals surface area contributed by atoms with Gasteiger partial charge in [0.05, 0.1) is 17.8 Å². The Kier molecular flexibility index (Phi) is 4.01. The van der Waals surface area contributed by atoms with Crippen molar-refractivity contribution in [3.63, 3.8) is 0 Å². The fourth-order valence-electron chi connectivity index (χ4n) is 1.44. The van der Waals surface area contributed by atoms with Crippen LogP contribution in [0.15, 0.2) is 39.7 Å². The van der Waals surface area contributed by atoms with Crippen LogP contribution in [-0.2, 0) is 4.74 Å². The molecule has 0 N–H and O–H groups in total. The number of esters is 1. The second-order valence-corrected chi connectivity index (χ2v) is 4.88. The molecule has 98 valence electrons. The van der Waals surface area contributed by atoms with Gasteiger partial charge in [-0.05, 0) is 18.2 Å². The van der Waals surface area contributed by atoms with Crippen LogP contribution in [0.5, 0.6) is 0 Å². The summed E-state index contributed by atoms with van der Waals surface area (Å²) in [4.78, 5) is 23.0. The number of carbonyl (C=O) groups is 1. The number of carbonyl (C=O) groups excluding carboxylic acids is 1. The molecular formula is C12H8BrClN2O3. The minimum atomic E-state index is -0.787. The largest absolute Gasteiger partial charge is 0.464 e. The van der Waals surface area contributed by atoms with E-state index in [0.29, 0.717) is 10.7 Å². The highest BCUT2D eigenvalue weighted by molar-refractivity contribution is 9.10. The van der Waals surface area contributed by atoms with Crippen molar-refractivity contribution in [1.82, 2.24) is 9.78 Å². The van der Waals surface area contributed by atoms with Gasteiger partial charge in [0.2, 0.25) is 11.1 Å². The molecule has 0 fully saturated rings. The molecular weight excluding hydrogens is 336 g/mol. The molecule has 0 bridgehead atoms. The number of nitrogens with zero attached hydrogens (tertiary/aromatic N) is 2. The lowest BCUT2D eigenvalue weighted by atomic mass is 10.3. The molecule has 2 rings (SSSR count). The van der Waals surface area contributed by atoms with Crippen molar-refractivity contribution in [2.75, 3.05) is 7.11 Å². The van der Waals surface area contributed by atoms with Crippen LogP contribution in [0.1, 0.15) is 10.5 Å². The first-order valence-electron chi connectivity index (χ1n) is 5.16. The van der Waals surface area contributed by atoms with Gasteiger partial charge in [-0.1, -0.05) is 27.5 Å². The lowest BCUT2D eigenvalue weighted by molar-refractivity contribution is 0.0590. The van der Waals surface area contributed by atoms with E-state index in [2.05, 4.69) is 25.8 Å². The number of hydrogen-bond acceptors (Lipinski definition) is 4. The van der Waals surface area contributed by atoms with Gasteiger partial charge in [-0.2, -0.15) is 5.10 Å². The molecule has 0 aliphatic rings. The molecule has 0 saturated carbocycles. The number of hydrogen-bond donors (Lipinski definition) is 0. The number of ether oxygens (including phenoxy) is 1. The van der Waals surface area contributed by atoms with E-state index in [1.165, 1.54) is 24.1 Å². The Morgan fingerprint density at radius 3 is 2.84 bits per heavy atom. The maximum Gasteiger partial charge on any atom is 0.362 e. The van der Waals surface area contributed by atoms with Crippen molar-refractivity contribution < 1.29 is 9.53 Å². The van der Waals surface area contributed by atoms with Crippen LogP contribution in [0.4, 0.5) is 0 Å². The maximum atomic E-state index is 11.5. The molecule has 1 aromatic carbocycles. The molecule has 0 unspecified atom stereocenters. The van der Waals surface area contributed by atoms with Crippen LogP contribution in [0, 0.1) is 0 Å². The minimum Gasteiger partial charge on any atom is -0.464 e. The zero-order valence-electron chi connectivity index (χ0n) is 9.76. The third-order valence-electron chi connectivity index (χ3n) is 2.34. The van der Waals surface area contributed by atoms with Crippen LogP contribution >= 0.6 is 27.5 Å². The van der Waals surface area contributed by atoms with E-state index in [-0.39, 0.29) is 5.69 Å². The first-order chi connectivity index (χ1) is 9.02. The molecule has 0 amide bonds. The summed E-state index contributed by atoms with van der Waals surface area (Å²) >= 11 is 9.38. The van der Waals surface area contributed by atoms with E-state index >= 15 is 0 Å². The summed E-state index contributed by atoms with van der Waals surface area (Å²) in [5.74, 6) is -0.787. The quantitative estimate of drug-likeness (QED) is 0.786. The van der Waals surface area contributed by atoms with Crippen molar-refractivity contribution in [3.8, 4) is 5.69 Å². The van der Waals surface area contributed by atoms with Gasteiger partial charge in [-0.25, -0.2) is 9.48 Å². The van der Waals surface area contributed by atoms with E-state index in [4.69, 9.17) is 11.6 Å². The third-order valence-corrected chi connectivity index (χ3v) is 3.15. The standard InChI is InChI=1S/C12H8BrClN2O3/c1-19-12(18)11-10(17)4-5-16(15-11)9-6-7(13)2-3-8(9)14/h2-6H,1H3. The monoisotopic (exact) mass is 342 g/mol. The Morgan fingerprint density at radius 2 is 2.16 bits per heavy atom. The fraction of sp³-hybridized carbons (Fsp3) is 0.0833. The minimum absolute atomic E-state index is 0.291. The average molecular weight is 344 g/mol. The van der Waals surface area contributed by atoms with Gasteiger partial charge in [-0.15, -0.1) is 0 Å². The molecule has 0 aliphatic carbocycles. The zero-order chi connectivity index (χ0) is 14.0. The Hall–Kier alpha value is -1.66. The first kappa shape index (κ1) is 13.8. The maximum absolute atomic E-state index is 11.5. The summed E-state index contributed by atoms with van der Waals surface area (Å²) in [7, 11) is 1.19. The Balaban J connectivity index is 2.61.